The van der Waals surface area contributed by atoms with Gasteiger partial charge in [0.1, 0.15) is 17.3 Å². The molecule has 0 unspecified atom stereocenters. The SMILES string of the molecule is Cc1cc(F)c(NC(=O)C2=NNC(=O)CC2)cc1F. The van der Waals surface area contributed by atoms with Crippen LogP contribution in [-0.2, 0) is 9.59 Å². The number of benzene rings is 1. The van der Waals surface area contributed by atoms with Gasteiger partial charge >= 0.3 is 0 Å². The molecule has 0 aromatic heterocycles. The summed E-state index contributed by atoms with van der Waals surface area (Å²) in [5, 5.41) is 5.79. The zero-order valence-electron chi connectivity index (χ0n) is 10.1. The Morgan fingerprint density at radius 2 is 2.05 bits per heavy atom. The topological polar surface area (TPSA) is 70.6 Å². The van der Waals surface area contributed by atoms with Crippen molar-refractivity contribution in [2.45, 2.75) is 19.8 Å². The Morgan fingerprint density at radius 3 is 2.68 bits per heavy atom. The highest BCUT2D eigenvalue weighted by molar-refractivity contribution is 6.43. The second kappa shape index (κ2) is 5.13. The van der Waals surface area contributed by atoms with Gasteiger partial charge in [-0.15, -0.1) is 0 Å². The number of carbonyl (C=O) groups excluding carboxylic acids is 2. The summed E-state index contributed by atoms with van der Waals surface area (Å²) in [4.78, 5) is 22.6. The fourth-order valence-electron chi connectivity index (χ4n) is 1.57. The van der Waals surface area contributed by atoms with Crippen LogP contribution in [-0.4, -0.2) is 17.5 Å². The van der Waals surface area contributed by atoms with Crippen molar-refractivity contribution in [3.05, 3.63) is 29.3 Å². The van der Waals surface area contributed by atoms with Crippen LogP contribution in [0.5, 0.6) is 0 Å². The number of hydrazone groups is 1. The fourth-order valence-corrected chi connectivity index (χ4v) is 1.57. The van der Waals surface area contributed by atoms with Crippen LogP contribution < -0.4 is 10.7 Å². The Bertz CT molecular complexity index is 585. The highest BCUT2D eigenvalue weighted by Gasteiger charge is 2.19. The average Bonchev–Trinajstić information content (AvgIpc) is 2.36. The lowest BCUT2D eigenvalue weighted by molar-refractivity contribution is -0.121. The van der Waals surface area contributed by atoms with Crippen molar-refractivity contribution in [3.63, 3.8) is 0 Å². The Kier molecular flexibility index (Phi) is 3.55. The molecule has 5 nitrogen and oxygen atoms in total. The molecule has 1 aliphatic heterocycles. The fraction of sp³-hybridized carbons (Fsp3) is 0.250. The Hall–Kier alpha value is -2.31. The summed E-state index contributed by atoms with van der Waals surface area (Å²) >= 11 is 0. The van der Waals surface area contributed by atoms with Gasteiger partial charge < -0.3 is 5.32 Å². The number of hydrogen-bond donors (Lipinski definition) is 2. The molecule has 2 rings (SSSR count). The van der Waals surface area contributed by atoms with E-state index in [4.69, 9.17) is 0 Å². The van der Waals surface area contributed by atoms with Gasteiger partial charge in [-0.3, -0.25) is 9.59 Å². The largest absolute Gasteiger partial charge is 0.318 e. The summed E-state index contributed by atoms with van der Waals surface area (Å²) in [5.74, 6) is -2.30. The number of rotatable bonds is 2. The molecule has 1 heterocycles. The standard InChI is InChI=1S/C12H11F2N3O2/c1-6-4-8(14)10(5-7(6)13)15-12(19)9-2-3-11(18)17-16-9/h4-5H,2-3H2,1H3,(H,15,19)(H,17,18). The van der Waals surface area contributed by atoms with Crippen LogP contribution in [0.2, 0.25) is 0 Å². The van der Waals surface area contributed by atoms with Crippen LogP contribution in [0.1, 0.15) is 18.4 Å². The van der Waals surface area contributed by atoms with Crippen molar-refractivity contribution in [2.24, 2.45) is 5.10 Å². The molecule has 0 radical (unpaired) electrons. The van der Waals surface area contributed by atoms with Gasteiger partial charge in [-0.2, -0.15) is 5.10 Å². The van der Waals surface area contributed by atoms with E-state index in [1.165, 1.54) is 6.92 Å². The molecule has 100 valence electrons. The van der Waals surface area contributed by atoms with Crippen LogP contribution in [0.4, 0.5) is 14.5 Å². The normalized spacial score (nSPS) is 14.7. The first kappa shape index (κ1) is 13.1. The van der Waals surface area contributed by atoms with E-state index in [-0.39, 0.29) is 35.7 Å². The van der Waals surface area contributed by atoms with Crippen molar-refractivity contribution in [1.82, 2.24) is 5.43 Å². The van der Waals surface area contributed by atoms with Crippen LogP contribution in [0.15, 0.2) is 17.2 Å². The first-order chi connectivity index (χ1) is 8.97. The number of anilines is 1. The van der Waals surface area contributed by atoms with E-state index >= 15 is 0 Å². The van der Waals surface area contributed by atoms with Crippen molar-refractivity contribution in [3.8, 4) is 0 Å². The van der Waals surface area contributed by atoms with Gasteiger partial charge in [0.15, 0.2) is 0 Å². The lowest BCUT2D eigenvalue weighted by Crippen LogP contribution is -2.33. The second-order valence-corrected chi connectivity index (χ2v) is 4.13. The predicted octanol–water partition coefficient (Wildman–Crippen LogP) is 1.48. The molecule has 1 aliphatic rings. The summed E-state index contributed by atoms with van der Waals surface area (Å²) in [5.41, 5.74) is 2.12. The number of nitrogens with one attached hydrogen (secondary N) is 2. The molecule has 1 aromatic carbocycles. The molecule has 0 spiro atoms. The van der Waals surface area contributed by atoms with Crippen molar-refractivity contribution in [1.29, 1.82) is 0 Å². The number of amides is 2. The monoisotopic (exact) mass is 267 g/mol. The molecule has 0 fully saturated rings. The minimum atomic E-state index is -0.729. The summed E-state index contributed by atoms with van der Waals surface area (Å²) in [6.45, 7) is 1.42. The van der Waals surface area contributed by atoms with Crippen LogP contribution in [0.25, 0.3) is 0 Å². The maximum Gasteiger partial charge on any atom is 0.271 e. The molecule has 2 N–H and O–H groups in total. The third kappa shape index (κ3) is 2.93. The lowest BCUT2D eigenvalue weighted by Gasteiger charge is -2.12. The van der Waals surface area contributed by atoms with E-state index in [1.807, 2.05) is 0 Å². The van der Waals surface area contributed by atoms with Gasteiger partial charge in [0.25, 0.3) is 5.91 Å². The van der Waals surface area contributed by atoms with Crippen molar-refractivity contribution >= 4 is 23.2 Å². The number of halogens is 2. The zero-order chi connectivity index (χ0) is 14.0. The average molecular weight is 267 g/mol. The Labute approximate surface area is 107 Å². The smallest absolute Gasteiger partial charge is 0.271 e. The second-order valence-electron chi connectivity index (χ2n) is 4.13. The van der Waals surface area contributed by atoms with Crippen molar-refractivity contribution < 1.29 is 18.4 Å². The van der Waals surface area contributed by atoms with Crippen LogP contribution in [0.3, 0.4) is 0 Å². The molecule has 0 atom stereocenters. The maximum atomic E-state index is 13.5. The van der Waals surface area contributed by atoms with E-state index in [0.29, 0.717) is 0 Å². The summed E-state index contributed by atoms with van der Waals surface area (Å²) in [6.07, 6.45) is 0.296. The highest BCUT2D eigenvalue weighted by Crippen LogP contribution is 2.19. The third-order valence-electron chi connectivity index (χ3n) is 2.66. The maximum absolute atomic E-state index is 13.5. The van der Waals surface area contributed by atoms with Gasteiger partial charge in [0, 0.05) is 18.9 Å². The minimum absolute atomic E-state index is 0.0694. The Balaban J connectivity index is 2.15. The molecule has 0 saturated heterocycles. The van der Waals surface area contributed by atoms with Crippen LogP contribution in [0, 0.1) is 18.6 Å². The van der Waals surface area contributed by atoms with Gasteiger partial charge in [0.05, 0.1) is 5.69 Å². The molecular weight excluding hydrogens is 256 g/mol. The molecule has 19 heavy (non-hydrogen) atoms. The van der Waals surface area contributed by atoms with Gasteiger partial charge in [-0.1, -0.05) is 0 Å². The van der Waals surface area contributed by atoms with Gasteiger partial charge in [-0.05, 0) is 18.6 Å². The Morgan fingerprint density at radius 1 is 1.32 bits per heavy atom. The minimum Gasteiger partial charge on any atom is -0.318 e. The van der Waals surface area contributed by atoms with Gasteiger partial charge in [-0.25, -0.2) is 14.2 Å². The van der Waals surface area contributed by atoms with E-state index in [2.05, 4.69) is 15.8 Å². The summed E-state index contributed by atoms with van der Waals surface area (Å²) in [6, 6.07) is 1.90. The summed E-state index contributed by atoms with van der Waals surface area (Å²) < 4.78 is 26.8. The number of aryl methyl sites for hydroxylation is 1. The molecule has 7 heteroatoms. The third-order valence-corrected chi connectivity index (χ3v) is 2.66. The molecule has 0 bridgehead atoms. The molecular formula is C12H11F2N3O2. The first-order valence-electron chi connectivity index (χ1n) is 5.60. The highest BCUT2D eigenvalue weighted by atomic mass is 19.1. The predicted molar refractivity (Wildman–Crippen MR) is 64.5 cm³/mol. The molecule has 1 aromatic rings. The summed E-state index contributed by atoms with van der Waals surface area (Å²) in [7, 11) is 0. The van der Waals surface area contributed by atoms with Crippen molar-refractivity contribution in [2.75, 3.05) is 5.32 Å². The molecule has 0 saturated carbocycles. The number of carbonyl (C=O) groups is 2. The zero-order valence-corrected chi connectivity index (χ0v) is 10.1. The first-order valence-corrected chi connectivity index (χ1v) is 5.60. The molecule has 0 aliphatic carbocycles. The lowest BCUT2D eigenvalue weighted by atomic mass is 10.1. The number of hydrogen-bond acceptors (Lipinski definition) is 3. The molecule has 2 amide bonds. The van der Waals surface area contributed by atoms with E-state index in [9.17, 15) is 18.4 Å². The van der Waals surface area contributed by atoms with E-state index in [1.54, 1.807) is 0 Å². The van der Waals surface area contributed by atoms with E-state index < -0.39 is 17.5 Å². The number of nitrogens with zero attached hydrogens (tertiary/aromatic N) is 1. The quantitative estimate of drug-likeness (QED) is 0.852. The van der Waals surface area contributed by atoms with Gasteiger partial charge in [0.2, 0.25) is 5.91 Å². The van der Waals surface area contributed by atoms with Crippen LogP contribution >= 0.6 is 0 Å². The van der Waals surface area contributed by atoms with E-state index in [0.717, 1.165) is 12.1 Å².